The summed E-state index contributed by atoms with van der Waals surface area (Å²) in [5, 5.41) is 4.99. The highest BCUT2D eigenvalue weighted by molar-refractivity contribution is 7.30. The first-order valence-electron chi connectivity index (χ1n) is 18.4. The van der Waals surface area contributed by atoms with E-state index in [0.717, 1.165) is 11.4 Å². The van der Waals surface area contributed by atoms with Crippen LogP contribution in [-0.2, 0) is 0 Å². The zero-order chi connectivity index (χ0) is 36.0. The van der Waals surface area contributed by atoms with Crippen molar-refractivity contribution in [3.05, 3.63) is 182 Å². The van der Waals surface area contributed by atoms with Gasteiger partial charge in [-0.25, -0.2) is 0 Å². The van der Waals surface area contributed by atoms with Crippen molar-refractivity contribution in [3.63, 3.8) is 0 Å². The quantitative estimate of drug-likeness (QED) is 0.173. The minimum Gasteiger partial charge on any atom is -0.309 e. The van der Waals surface area contributed by atoms with Crippen LogP contribution in [0.1, 0.15) is 0 Å². The third kappa shape index (κ3) is 4.59. The molecule has 0 unspecified atom stereocenters. The van der Waals surface area contributed by atoms with E-state index < -0.39 is 0 Å². The van der Waals surface area contributed by atoms with Crippen molar-refractivity contribution in [2.45, 2.75) is 0 Å². The molecule has 6 heteroatoms. The van der Waals surface area contributed by atoms with Gasteiger partial charge >= 0.3 is 0 Å². The van der Waals surface area contributed by atoms with Gasteiger partial charge in [0.1, 0.15) is 0 Å². The lowest BCUT2D eigenvalue weighted by Crippen LogP contribution is -1.94. The molecule has 6 heterocycles. The zero-order valence-electron chi connectivity index (χ0n) is 29.4. The van der Waals surface area contributed by atoms with Crippen LogP contribution in [0, 0.1) is 0 Å². The van der Waals surface area contributed by atoms with Crippen LogP contribution in [0.2, 0.25) is 0 Å². The molecule has 0 atom stereocenters. The average Bonchev–Trinajstić information content (AvgIpc) is 4.06. The second-order valence-corrected chi connectivity index (χ2v) is 16.1. The SMILES string of the molecule is c1ccc(-n2c3ccccc3c3cc4c(cc32)c2cc(-c3cc5c(s3)c3sc(-c6ccncc6)cc3n5-c3ccccc3)ccc2n4-c2ccccc2)cc1. The first kappa shape index (κ1) is 30.7. The molecule has 6 aromatic heterocycles. The summed E-state index contributed by atoms with van der Waals surface area (Å²) in [6.07, 6.45) is 3.75. The maximum Gasteiger partial charge on any atom is 0.0711 e. The van der Waals surface area contributed by atoms with E-state index in [0.29, 0.717) is 0 Å². The second kappa shape index (κ2) is 11.9. The molecular weight excluding hydrogens is 709 g/mol. The van der Waals surface area contributed by atoms with Gasteiger partial charge in [0, 0.05) is 60.8 Å². The molecule has 0 aliphatic heterocycles. The van der Waals surface area contributed by atoms with E-state index in [1.807, 2.05) is 35.1 Å². The Morgan fingerprint density at radius 1 is 0.327 bits per heavy atom. The van der Waals surface area contributed by atoms with E-state index in [1.165, 1.54) is 90.6 Å². The average molecular weight is 739 g/mol. The number of hydrogen-bond donors (Lipinski definition) is 0. The Morgan fingerprint density at radius 3 is 1.36 bits per heavy atom. The fourth-order valence-electron chi connectivity index (χ4n) is 8.55. The molecule has 12 aromatic rings. The van der Waals surface area contributed by atoms with E-state index in [1.54, 1.807) is 0 Å². The Hall–Kier alpha value is -6.73. The lowest BCUT2D eigenvalue weighted by molar-refractivity contribution is 1.17. The Kier molecular flexibility index (Phi) is 6.64. The molecule has 4 nitrogen and oxygen atoms in total. The third-order valence-corrected chi connectivity index (χ3v) is 13.5. The highest BCUT2D eigenvalue weighted by Gasteiger charge is 2.22. The first-order chi connectivity index (χ1) is 27.3. The lowest BCUT2D eigenvalue weighted by atomic mass is 10.1. The molecule has 0 radical (unpaired) electrons. The summed E-state index contributed by atoms with van der Waals surface area (Å²) < 4.78 is 9.93. The van der Waals surface area contributed by atoms with Crippen molar-refractivity contribution < 1.29 is 0 Å². The number of hydrogen-bond acceptors (Lipinski definition) is 3. The number of para-hydroxylation sites is 4. The minimum atomic E-state index is 1.16. The predicted octanol–water partition coefficient (Wildman–Crippen LogP) is 13.8. The van der Waals surface area contributed by atoms with Crippen molar-refractivity contribution in [3.8, 4) is 37.9 Å². The van der Waals surface area contributed by atoms with Gasteiger partial charge in [-0.1, -0.05) is 78.9 Å². The molecule has 55 heavy (non-hydrogen) atoms. The molecule has 0 aliphatic rings. The number of aromatic nitrogens is 4. The summed E-state index contributed by atoms with van der Waals surface area (Å²) in [4.78, 5) is 6.78. The molecule has 6 aromatic carbocycles. The van der Waals surface area contributed by atoms with E-state index in [9.17, 15) is 0 Å². The maximum atomic E-state index is 4.27. The second-order valence-electron chi connectivity index (χ2n) is 14.0. The largest absolute Gasteiger partial charge is 0.309 e. The number of pyridine rings is 1. The van der Waals surface area contributed by atoms with Gasteiger partial charge in [0.2, 0.25) is 0 Å². The van der Waals surface area contributed by atoms with Gasteiger partial charge in [0.05, 0.1) is 42.5 Å². The molecule has 0 N–H and O–H groups in total. The summed E-state index contributed by atoms with van der Waals surface area (Å²) in [5.41, 5.74) is 13.2. The van der Waals surface area contributed by atoms with Crippen LogP contribution in [-0.4, -0.2) is 18.7 Å². The number of fused-ring (bicyclic) bond motifs is 9. The molecular formula is C49H30N4S2. The Bertz CT molecular complexity index is 3400. The van der Waals surface area contributed by atoms with Gasteiger partial charge in [-0.3, -0.25) is 4.98 Å². The van der Waals surface area contributed by atoms with Gasteiger partial charge in [0.25, 0.3) is 0 Å². The van der Waals surface area contributed by atoms with Crippen LogP contribution in [0.25, 0.3) is 102 Å². The maximum absolute atomic E-state index is 4.27. The first-order valence-corrected chi connectivity index (χ1v) is 20.1. The summed E-state index contributed by atoms with van der Waals surface area (Å²) >= 11 is 3.76. The molecule has 0 bridgehead atoms. The Morgan fingerprint density at radius 2 is 0.782 bits per heavy atom. The summed E-state index contributed by atoms with van der Waals surface area (Å²) in [6, 6.07) is 61.9. The predicted molar refractivity (Wildman–Crippen MR) is 234 cm³/mol. The molecule has 0 spiro atoms. The number of thiophene rings is 2. The standard InChI is InChI=1S/C49H30N4S2/c1-4-12-33(13-5-1)51-40-19-11-10-18-36(40)38-27-43-39(28-42(38)51)37-26-32(20-21-41(37)52(43)34-14-6-2-7-15-34)47-30-45-49(55-47)48-44(53(45)35-16-8-3-9-17-35)29-46(54-48)31-22-24-50-25-23-31/h1-30H. The fourth-order valence-corrected chi connectivity index (χ4v) is 11.0. The fraction of sp³-hybridized carbons (Fsp3) is 0. The summed E-state index contributed by atoms with van der Waals surface area (Å²) in [7, 11) is 0. The van der Waals surface area contributed by atoms with Crippen LogP contribution in [0.5, 0.6) is 0 Å². The number of benzene rings is 6. The molecule has 258 valence electrons. The van der Waals surface area contributed by atoms with E-state index in [4.69, 9.17) is 0 Å². The summed E-state index contributed by atoms with van der Waals surface area (Å²) in [5.74, 6) is 0. The van der Waals surface area contributed by atoms with Crippen molar-refractivity contribution in [2.75, 3.05) is 0 Å². The number of nitrogens with zero attached hydrogens (tertiary/aromatic N) is 4. The molecule has 0 fully saturated rings. The lowest BCUT2D eigenvalue weighted by Gasteiger charge is -2.09. The van der Waals surface area contributed by atoms with Crippen molar-refractivity contribution in [1.29, 1.82) is 0 Å². The van der Waals surface area contributed by atoms with Gasteiger partial charge in [-0.15, -0.1) is 22.7 Å². The van der Waals surface area contributed by atoms with Crippen LogP contribution in [0.3, 0.4) is 0 Å². The monoisotopic (exact) mass is 738 g/mol. The van der Waals surface area contributed by atoms with Crippen LogP contribution in [0.4, 0.5) is 0 Å². The molecule has 0 saturated carbocycles. The highest BCUT2D eigenvalue weighted by Crippen LogP contribution is 2.47. The van der Waals surface area contributed by atoms with Crippen LogP contribution < -0.4 is 0 Å². The minimum absolute atomic E-state index is 1.16. The highest BCUT2D eigenvalue weighted by atomic mass is 32.1. The Labute approximate surface area is 324 Å². The molecule has 0 saturated heterocycles. The van der Waals surface area contributed by atoms with Gasteiger partial charge in [0.15, 0.2) is 0 Å². The van der Waals surface area contributed by atoms with E-state index >= 15 is 0 Å². The van der Waals surface area contributed by atoms with Crippen molar-refractivity contribution in [2.24, 2.45) is 0 Å². The van der Waals surface area contributed by atoms with Crippen LogP contribution in [0.15, 0.2) is 182 Å². The van der Waals surface area contributed by atoms with Crippen molar-refractivity contribution >= 4 is 86.7 Å². The van der Waals surface area contributed by atoms with E-state index in [-0.39, 0.29) is 0 Å². The third-order valence-electron chi connectivity index (χ3n) is 11.0. The smallest absolute Gasteiger partial charge is 0.0711 e. The Balaban J connectivity index is 1.12. The normalized spacial score (nSPS) is 12.0. The topological polar surface area (TPSA) is 27.7 Å². The zero-order valence-corrected chi connectivity index (χ0v) is 31.1. The van der Waals surface area contributed by atoms with Gasteiger partial charge in [-0.2, -0.15) is 0 Å². The summed E-state index contributed by atoms with van der Waals surface area (Å²) in [6.45, 7) is 0. The number of rotatable bonds is 5. The van der Waals surface area contributed by atoms with Crippen LogP contribution >= 0.6 is 22.7 Å². The molecule has 0 aliphatic carbocycles. The van der Waals surface area contributed by atoms with Gasteiger partial charge < -0.3 is 13.7 Å². The molecule has 12 rings (SSSR count). The van der Waals surface area contributed by atoms with Gasteiger partial charge in [-0.05, 0) is 102 Å². The van der Waals surface area contributed by atoms with Crippen molar-refractivity contribution in [1.82, 2.24) is 18.7 Å². The van der Waals surface area contributed by atoms with E-state index in [2.05, 4.69) is 189 Å². The molecule has 0 amide bonds.